The average molecular weight is 343 g/mol. The number of nitro groups is 1. The van der Waals surface area contributed by atoms with Crippen molar-refractivity contribution in [2.45, 2.75) is 58.3 Å². The van der Waals surface area contributed by atoms with Crippen molar-refractivity contribution in [1.29, 1.82) is 5.26 Å². The Balaban J connectivity index is 2.83. The summed E-state index contributed by atoms with van der Waals surface area (Å²) in [4.78, 5) is 10.8. The van der Waals surface area contributed by atoms with Crippen LogP contribution in [-0.4, -0.2) is 11.5 Å². The van der Waals surface area contributed by atoms with Gasteiger partial charge < -0.3 is 10.5 Å². The number of ether oxygens (including phenoxy) is 1. The van der Waals surface area contributed by atoms with E-state index in [4.69, 9.17) is 10.5 Å². The molecule has 6 nitrogen and oxygen atoms in total. The van der Waals surface area contributed by atoms with Crippen molar-refractivity contribution in [1.82, 2.24) is 0 Å². The van der Waals surface area contributed by atoms with Crippen LogP contribution in [0.3, 0.4) is 0 Å². The maximum atomic E-state index is 11.2. The summed E-state index contributed by atoms with van der Waals surface area (Å²) in [5.74, 6) is -0.202. The lowest BCUT2D eigenvalue weighted by Crippen LogP contribution is -2.28. The summed E-state index contributed by atoms with van der Waals surface area (Å²) in [6, 6.07) is 5.99. The molecule has 1 aliphatic rings. The van der Waals surface area contributed by atoms with Gasteiger partial charge in [-0.2, -0.15) is 5.26 Å². The highest BCUT2D eigenvalue weighted by Crippen LogP contribution is 2.46. The molecule has 0 fully saturated rings. The SMILES string of the molecule is CC(C)(C)c1cc2c(c(C(C)(C)C)c1)OC(N)=C(C#N)C2C[N+](=O)[O-]. The van der Waals surface area contributed by atoms with Gasteiger partial charge in [0, 0.05) is 16.1 Å². The third-order valence-electron chi connectivity index (χ3n) is 4.45. The molecule has 1 atom stereocenters. The molecule has 1 unspecified atom stereocenters. The fourth-order valence-electron chi connectivity index (χ4n) is 2.98. The molecule has 0 saturated carbocycles. The molecule has 0 aliphatic carbocycles. The standard InChI is InChI=1S/C19H25N3O3/c1-18(2,3)11-7-12-14(10-22(23)24)13(9-20)17(21)25-16(12)15(8-11)19(4,5)6/h7-8,14H,10,21H2,1-6H3. The van der Waals surface area contributed by atoms with Crippen molar-refractivity contribution in [3.05, 3.63) is 50.4 Å². The van der Waals surface area contributed by atoms with E-state index in [0.717, 1.165) is 11.1 Å². The van der Waals surface area contributed by atoms with E-state index in [2.05, 4.69) is 47.6 Å². The minimum absolute atomic E-state index is 0.0455. The molecule has 0 aromatic heterocycles. The summed E-state index contributed by atoms with van der Waals surface area (Å²) >= 11 is 0. The molecule has 1 heterocycles. The fraction of sp³-hybridized carbons (Fsp3) is 0.526. The second-order valence-electron chi connectivity index (χ2n) is 8.50. The highest BCUT2D eigenvalue weighted by Gasteiger charge is 2.37. The molecule has 6 heteroatoms. The Labute approximate surface area is 148 Å². The zero-order chi connectivity index (χ0) is 19.2. The number of nitriles is 1. The Morgan fingerprint density at radius 3 is 2.28 bits per heavy atom. The number of fused-ring (bicyclic) bond motifs is 1. The van der Waals surface area contributed by atoms with Crippen molar-refractivity contribution in [2.75, 3.05) is 6.54 Å². The smallest absolute Gasteiger partial charge is 0.215 e. The van der Waals surface area contributed by atoms with Gasteiger partial charge in [0.2, 0.25) is 12.4 Å². The number of hydrogen-bond donors (Lipinski definition) is 1. The predicted octanol–water partition coefficient (Wildman–Crippen LogP) is 3.73. The first-order valence-corrected chi connectivity index (χ1v) is 8.24. The first kappa shape index (κ1) is 18.8. The van der Waals surface area contributed by atoms with Crippen LogP contribution in [0.1, 0.15) is 64.2 Å². The van der Waals surface area contributed by atoms with Crippen LogP contribution >= 0.6 is 0 Å². The first-order valence-electron chi connectivity index (χ1n) is 8.24. The molecule has 0 saturated heterocycles. The van der Waals surface area contributed by atoms with Crippen LogP contribution in [0.15, 0.2) is 23.6 Å². The number of rotatable bonds is 2. The molecule has 2 rings (SSSR count). The lowest BCUT2D eigenvalue weighted by molar-refractivity contribution is -0.482. The van der Waals surface area contributed by atoms with E-state index in [0.29, 0.717) is 11.3 Å². The van der Waals surface area contributed by atoms with Gasteiger partial charge in [-0.3, -0.25) is 10.1 Å². The Bertz CT molecular complexity index is 790. The molecule has 0 bridgehead atoms. The maximum absolute atomic E-state index is 11.2. The van der Waals surface area contributed by atoms with Gasteiger partial charge in [-0.25, -0.2) is 0 Å². The van der Waals surface area contributed by atoms with E-state index in [-0.39, 0.29) is 22.3 Å². The summed E-state index contributed by atoms with van der Waals surface area (Å²) in [5, 5.41) is 20.6. The van der Waals surface area contributed by atoms with Gasteiger partial charge in [-0.1, -0.05) is 53.7 Å². The van der Waals surface area contributed by atoms with Crippen molar-refractivity contribution < 1.29 is 9.66 Å². The van der Waals surface area contributed by atoms with Gasteiger partial charge in [0.15, 0.2) is 0 Å². The third kappa shape index (κ3) is 3.60. The van der Waals surface area contributed by atoms with Crippen molar-refractivity contribution in [3.8, 4) is 11.8 Å². The summed E-state index contributed by atoms with van der Waals surface area (Å²) in [5.41, 5.74) is 8.30. The number of benzene rings is 1. The first-order chi connectivity index (χ1) is 11.4. The van der Waals surface area contributed by atoms with Crippen LogP contribution in [0.25, 0.3) is 0 Å². The molecular formula is C19H25N3O3. The lowest BCUT2D eigenvalue weighted by atomic mass is 9.76. The molecule has 134 valence electrons. The second-order valence-corrected chi connectivity index (χ2v) is 8.50. The van der Waals surface area contributed by atoms with Gasteiger partial charge in [-0.15, -0.1) is 0 Å². The monoisotopic (exact) mass is 343 g/mol. The molecule has 1 aliphatic heterocycles. The zero-order valence-electron chi connectivity index (χ0n) is 15.6. The fourth-order valence-corrected chi connectivity index (χ4v) is 2.98. The molecular weight excluding hydrogens is 318 g/mol. The van der Waals surface area contributed by atoms with Gasteiger partial charge in [0.05, 0.1) is 5.92 Å². The molecule has 0 amide bonds. The maximum Gasteiger partial charge on any atom is 0.215 e. The minimum Gasteiger partial charge on any atom is -0.440 e. The minimum atomic E-state index is -0.702. The normalized spacial score (nSPS) is 17.6. The molecule has 0 radical (unpaired) electrons. The van der Waals surface area contributed by atoms with Crippen LogP contribution in [0.2, 0.25) is 0 Å². The topological polar surface area (TPSA) is 102 Å². The van der Waals surface area contributed by atoms with E-state index in [1.165, 1.54) is 0 Å². The predicted molar refractivity (Wildman–Crippen MR) is 95.9 cm³/mol. The Morgan fingerprint density at radius 1 is 1.24 bits per heavy atom. The number of nitrogens with zero attached hydrogens (tertiary/aromatic N) is 2. The molecule has 0 spiro atoms. The van der Waals surface area contributed by atoms with Gasteiger partial charge in [0.1, 0.15) is 17.4 Å². The highest BCUT2D eigenvalue weighted by atomic mass is 16.6. The van der Waals surface area contributed by atoms with Gasteiger partial charge >= 0.3 is 0 Å². The molecule has 25 heavy (non-hydrogen) atoms. The van der Waals surface area contributed by atoms with Gasteiger partial charge in [-0.05, 0) is 16.4 Å². The van der Waals surface area contributed by atoms with Crippen LogP contribution in [0.5, 0.6) is 5.75 Å². The van der Waals surface area contributed by atoms with E-state index in [9.17, 15) is 15.4 Å². The van der Waals surface area contributed by atoms with Crippen LogP contribution in [-0.2, 0) is 10.8 Å². The molecule has 1 aromatic rings. The Hall–Kier alpha value is -2.55. The summed E-state index contributed by atoms with van der Waals surface area (Å²) < 4.78 is 5.78. The summed E-state index contributed by atoms with van der Waals surface area (Å²) in [6.07, 6.45) is 0. The Kier molecular flexibility index (Phi) is 4.56. The highest BCUT2D eigenvalue weighted by molar-refractivity contribution is 5.57. The zero-order valence-corrected chi connectivity index (χ0v) is 15.6. The van der Waals surface area contributed by atoms with Crippen LogP contribution in [0.4, 0.5) is 0 Å². The van der Waals surface area contributed by atoms with Crippen molar-refractivity contribution in [3.63, 3.8) is 0 Å². The van der Waals surface area contributed by atoms with E-state index >= 15 is 0 Å². The number of hydrogen-bond acceptors (Lipinski definition) is 5. The van der Waals surface area contributed by atoms with Crippen molar-refractivity contribution >= 4 is 0 Å². The quantitative estimate of drug-likeness (QED) is 0.651. The van der Waals surface area contributed by atoms with Crippen LogP contribution in [0, 0.1) is 21.4 Å². The number of nitrogens with two attached hydrogens (primary N) is 1. The van der Waals surface area contributed by atoms with Crippen molar-refractivity contribution in [2.24, 2.45) is 5.73 Å². The molecule has 1 aromatic carbocycles. The second kappa shape index (κ2) is 6.07. The summed E-state index contributed by atoms with van der Waals surface area (Å²) in [6.45, 7) is 12.0. The summed E-state index contributed by atoms with van der Waals surface area (Å²) in [7, 11) is 0. The van der Waals surface area contributed by atoms with Crippen LogP contribution < -0.4 is 10.5 Å². The largest absolute Gasteiger partial charge is 0.440 e. The molecule has 2 N–H and O–H groups in total. The third-order valence-corrected chi connectivity index (χ3v) is 4.45. The van der Waals surface area contributed by atoms with E-state index < -0.39 is 17.4 Å². The van der Waals surface area contributed by atoms with E-state index in [1.807, 2.05) is 12.1 Å². The lowest BCUT2D eigenvalue weighted by Gasteiger charge is -2.33. The van der Waals surface area contributed by atoms with Gasteiger partial charge in [0.25, 0.3) is 0 Å². The van der Waals surface area contributed by atoms with E-state index in [1.54, 1.807) is 0 Å². The average Bonchev–Trinajstić information content (AvgIpc) is 2.43. The Morgan fingerprint density at radius 2 is 1.84 bits per heavy atom.